The van der Waals surface area contributed by atoms with Crippen molar-refractivity contribution >= 4 is 23.7 Å². The predicted molar refractivity (Wildman–Crippen MR) is 369 cm³/mol. The van der Waals surface area contributed by atoms with Gasteiger partial charge in [-0.3, -0.25) is 0 Å². The van der Waals surface area contributed by atoms with Crippen LogP contribution in [0.25, 0.3) is 6.08 Å². The number of hydrogen-bond donors (Lipinski definition) is 0. The zero-order chi connectivity index (χ0) is 78.3. The summed E-state index contributed by atoms with van der Waals surface area (Å²) in [7, 11) is 0. The highest BCUT2D eigenvalue weighted by atomic mass is 19.4. The van der Waals surface area contributed by atoms with E-state index in [9.17, 15) is 69.3 Å². The normalized spacial score (nSPS) is 15.1. The van der Waals surface area contributed by atoms with Gasteiger partial charge in [-0.15, -0.1) is 0 Å². The second-order valence-electron chi connectivity index (χ2n) is 25.1. The van der Waals surface area contributed by atoms with Crippen molar-refractivity contribution in [2.75, 3.05) is 37.8 Å². The number of alkyl halides is 3. The lowest BCUT2D eigenvalue weighted by Crippen LogP contribution is -2.43. The number of benzene rings is 8. The summed E-state index contributed by atoms with van der Waals surface area (Å²) >= 11 is 0. The van der Waals surface area contributed by atoms with Crippen molar-refractivity contribution in [1.29, 1.82) is 15.8 Å². The van der Waals surface area contributed by atoms with Crippen LogP contribution < -0.4 is 23.8 Å². The average molecular weight is 1510 g/mol. The molecule has 10 rings (SSSR count). The quantitative estimate of drug-likeness (QED) is 0.0113. The summed E-state index contributed by atoms with van der Waals surface area (Å²) in [4.78, 5) is 29.6. The van der Waals surface area contributed by atoms with Gasteiger partial charge in [-0.25, -0.2) is 53.5 Å². The van der Waals surface area contributed by atoms with Crippen LogP contribution in [0.5, 0.6) is 23.0 Å². The topological polar surface area (TPSA) is 183 Å². The lowest BCUT2D eigenvalue weighted by molar-refractivity contribution is -0.249. The van der Waals surface area contributed by atoms with Crippen LogP contribution in [0.2, 0.25) is 0 Å². The molecule has 0 fully saturated rings. The van der Waals surface area contributed by atoms with E-state index in [1.54, 1.807) is 48.6 Å². The summed E-state index contributed by atoms with van der Waals surface area (Å²) in [6, 6.07) is 44.3. The molecule has 560 valence electrons. The Balaban J connectivity index is 0.929. The third-order valence-corrected chi connectivity index (χ3v) is 17.1. The third-order valence-electron chi connectivity index (χ3n) is 17.1. The Kier molecular flexibility index (Phi) is 25.1. The number of rotatable bonds is 28. The number of halogens is 13. The largest absolute Gasteiger partial charge is 0.489 e. The van der Waals surface area contributed by atoms with Gasteiger partial charge in [-0.1, -0.05) is 147 Å². The van der Waals surface area contributed by atoms with E-state index in [4.69, 9.17) is 37.9 Å². The highest BCUT2D eigenvalue weighted by molar-refractivity contribution is 5.91. The van der Waals surface area contributed by atoms with Gasteiger partial charge in [0.2, 0.25) is 11.6 Å². The van der Waals surface area contributed by atoms with Crippen LogP contribution >= 0.6 is 0 Å². The fraction of sp³-hybridized carbons (Fsp3) is 0.207. The maximum Gasteiger partial charge on any atom is 0.437 e. The molecule has 0 amide bonds. The molecule has 0 N–H and O–H groups in total. The fourth-order valence-electron chi connectivity index (χ4n) is 11.8. The Morgan fingerprint density at radius 2 is 0.982 bits per heavy atom. The van der Waals surface area contributed by atoms with E-state index in [0.717, 1.165) is 53.2 Å². The first-order valence-electron chi connectivity index (χ1n) is 33.2. The Morgan fingerprint density at radius 1 is 0.532 bits per heavy atom. The molecule has 1 heterocycles. The second kappa shape index (κ2) is 34.7. The van der Waals surface area contributed by atoms with E-state index >= 15 is 13.2 Å². The molecular formula is C82H61F13N4O10. The molecule has 1 unspecified atom stereocenters. The standard InChI is InChI=1S/C82H61F13N4O10/c1-4-99(29-30-103-78(100)53-33-58(105-44-49-15-8-5-9-16-49)37-59(34-53)106-45-50-17-10-6-11-18-50)57-27-24-48(25-28-57)23-26-52-40-80(2,3)39-51(19-14-22-65-62(43-98)77(55(41-96)42-97)109-81(65,82(93,94)95)56-20-12-7-13-21-56)76(52)102-31-32-104-79(101)54-35-60(107-46-63-66(83)70(87)74(91)71(88)67(63)84)38-61(36-54)108-47-64-68(85)72(89)75(92)73(90)69(64)86/h5-28,33-38H,4,29-32,39-40,44-47H2,1-3H3/b22-14+,26-23+,51-19+. The van der Waals surface area contributed by atoms with E-state index in [1.165, 1.54) is 42.5 Å². The zero-order valence-corrected chi connectivity index (χ0v) is 57.9. The van der Waals surface area contributed by atoms with E-state index in [-0.39, 0.29) is 50.5 Å². The highest BCUT2D eigenvalue weighted by Gasteiger charge is 2.65. The van der Waals surface area contributed by atoms with E-state index < -0.39 is 170 Å². The molecule has 27 heteroatoms. The Bertz CT molecular complexity index is 4860. The second-order valence-corrected chi connectivity index (χ2v) is 25.1. The molecule has 0 bridgehead atoms. The molecule has 1 aliphatic carbocycles. The number of carbonyl (C=O) groups excluding carboxylic acids is 2. The molecule has 0 saturated carbocycles. The number of likely N-dealkylation sites (N-methyl/N-ethyl adjacent to an activating group) is 1. The van der Waals surface area contributed by atoms with Crippen molar-refractivity contribution in [3.05, 3.63) is 318 Å². The minimum atomic E-state index is -5.34. The molecule has 0 spiro atoms. The van der Waals surface area contributed by atoms with Gasteiger partial charge in [-0.2, -0.15) is 29.0 Å². The maximum absolute atomic E-state index is 15.8. The molecule has 1 atom stereocenters. The Morgan fingerprint density at radius 3 is 1.43 bits per heavy atom. The SMILES string of the molecule is CCN(CCOC(=O)c1cc(OCc2ccccc2)cc(OCc2ccccc2)c1)c1ccc(/C=C/C2=C(OCCOC(=O)c3cc(OCc4c(F)c(F)c(F)c(F)c4F)cc(OCc4c(F)c(F)c(F)c(F)c4F)c3)C(=C/C=C/C3=C(C#N)C(=C(C#N)C#N)OC3(c3ccccc3)C(F)(F)F)/CC(C)(C)C2)cc1. The first-order valence-corrected chi connectivity index (χ1v) is 33.2. The van der Waals surface area contributed by atoms with Crippen molar-refractivity contribution in [2.24, 2.45) is 5.41 Å². The summed E-state index contributed by atoms with van der Waals surface area (Å²) in [6.07, 6.45) is 2.07. The first-order chi connectivity index (χ1) is 52.2. The summed E-state index contributed by atoms with van der Waals surface area (Å²) < 4.78 is 237. The molecule has 1 aliphatic heterocycles. The summed E-state index contributed by atoms with van der Waals surface area (Å²) in [5.41, 5.74) is -6.44. The third kappa shape index (κ3) is 18.2. The van der Waals surface area contributed by atoms with Crippen LogP contribution in [0.15, 0.2) is 215 Å². The smallest absolute Gasteiger partial charge is 0.437 e. The summed E-state index contributed by atoms with van der Waals surface area (Å²) in [5.74, 6) is -26.9. The van der Waals surface area contributed by atoms with Crippen molar-refractivity contribution < 1.29 is 105 Å². The molecule has 14 nitrogen and oxygen atoms in total. The Labute approximate surface area is 615 Å². The number of carbonyl (C=O) groups is 2. The van der Waals surface area contributed by atoms with E-state index in [2.05, 4.69) is 0 Å². The number of nitrogens with zero attached hydrogens (tertiary/aromatic N) is 4. The van der Waals surface area contributed by atoms with Gasteiger partial charge >= 0.3 is 18.1 Å². The van der Waals surface area contributed by atoms with Gasteiger partial charge in [-0.05, 0) is 89.4 Å². The first kappa shape index (κ1) is 78.9. The zero-order valence-electron chi connectivity index (χ0n) is 57.9. The van der Waals surface area contributed by atoms with Crippen LogP contribution in [0.3, 0.4) is 0 Å². The van der Waals surface area contributed by atoms with Crippen molar-refractivity contribution in [2.45, 2.75) is 71.8 Å². The lowest BCUT2D eigenvalue weighted by Gasteiger charge is -2.34. The molecule has 8 aromatic carbocycles. The lowest BCUT2D eigenvalue weighted by atomic mass is 9.74. The van der Waals surface area contributed by atoms with Gasteiger partial charge < -0.3 is 42.8 Å². The predicted octanol–water partition coefficient (Wildman–Crippen LogP) is 19.1. The van der Waals surface area contributed by atoms with Crippen molar-refractivity contribution in [1.82, 2.24) is 0 Å². The summed E-state index contributed by atoms with van der Waals surface area (Å²) in [5, 5.41) is 30.1. The fourth-order valence-corrected chi connectivity index (χ4v) is 11.8. The molecule has 109 heavy (non-hydrogen) atoms. The molecule has 2 aliphatic rings. The van der Waals surface area contributed by atoms with Crippen molar-refractivity contribution in [3.8, 4) is 41.2 Å². The monoisotopic (exact) mass is 1510 g/mol. The number of hydrogen-bond acceptors (Lipinski definition) is 14. The number of anilines is 1. The van der Waals surface area contributed by atoms with Gasteiger partial charge in [0.15, 0.2) is 57.9 Å². The van der Waals surface area contributed by atoms with Crippen LogP contribution in [-0.4, -0.2) is 51.0 Å². The van der Waals surface area contributed by atoms with Crippen LogP contribution in [0, 0.1) is 97.6 Å². The van der Waals surface area contributed by atoms with Crippen LogP contribution in [0.4, 0.5) is 62.8 Å². The highest BCUT2D eigenvalue weighted by Crippen LogP contribution is 2.56. The number of nitriles is 3. The van der Waals surface area contributed by atoms with E-state index in [0.29, 0.717) is 34.8 Å². The Hall–Kier alpha value is -12.7. The summed E-state index contributed by atoms with van der Waals surface area (Å²) in [6.45, 7) is 2.82. The van der Waals surface area contributed by atoms with Gasteiger partial charge in [0.25, 0.3) is 5.60 Å². The molecule has 0 aromatic heterocycles. The number of allylic oxidation sites excluding steroid dienone is 7. The molecular weight excluding hydrogens is 1450 g/mol. The van der Waals surface area contributed by atoms with Crippen LogP contribution in [-0.2, 0) is 51.0 Å². The molecule has 0 saturated heterocycles. The minimum Gasteiger partial charge on any atom is -0.489 e. The number of esters is 2. The van der Waals surface area contributed by atoms with Gasteiger partial charge in [0.05, 0.1) is 28.8 Å². The minimum absolute atomic E-state index is 0.0252. The van der Waals surface area contributed by atoms with Crippen LogP contribution in [0.1, 0.15) is 87.7 Å². The maximum atomic E-state index is 15.8. The molecule has 0 radical (unpaired) electrons. The average Bonchev–Trinajstić information content (AvgIpc) is 1.57. The molecule has 8 aromatic rings. The van der Waals surface area contributed by atoms with Gasteiger partial charge in [0, 0.05) is 35.5 Å². The number of ether oxygens (including phenoxy) is 8. The van der Waals surface area contributed by atoms with Crippen molar-refractivity contribution in [3.63, 3.8) is 0 Å². The van der Waals surface area contributed by atoms with E-state index in [1.807, 2.05) is 98.5 Å². The van der Waals surface area contributed by atoms with Gasteiger partial charge in [0.1, 0.15) is 98.8 Å².